The molecule has 1 aromatic heterocycles. The van der Waals surface area contributed by atoms with Crippen molar-refractivity contribution in [3.8, 4) is 0 Å². The number of nitrogens with one attached hydrogen (secondary N) is 2. The lowest BCUT2D eigenvalue weighted by atomic mass is 10.1. The number of thiophene rings is 1. The van der Waals surface area contributed by atoms with Crippen LogP contribution in [-0.4, -0.2) is 40.6 Å². The summed E-state index contributed by atoms with van der Waals surface area (Å²) in [4.78, 5) is 11.6. The van der Waals surface area contributed by atoms with Crippen LogP contribution in [0.3, 0.4) is 0 Å². The summed E-state index contributed by atoms with van der Waals surface area (Å²) in [6.45, 7) is 1.51. The maximum atomic E-state index is 12.3. The van der Waals surface area contributed by atoms with Crippen molar-refractivity contribution in [3.05, 3.63) is 16.3 Å². The Kier molecular flexibility index (Phi) is 4.56. The van der Waals surface area contributed by atoms with E-state index in [1.54, 1.807) is 5.38 Å². The van der Waals surface area contributed by atoms with Crippen LogP contribution >= 0.6 is 11.3 Å². The standard InChI is InChI=1S/C11H16N2O4S2/c1-17-11(14)10-9(4-6-18-10)19(15,16)13-8-3-2-5-12-7-8/h4,6,8,12-13H,2-3,5,7H2,1H3/t8-/m0/s1. The predicted molar refractivity (Wildman–Crippen MR) is 71.9 cm³/mol. The molecule has 2 rings (SSSR count). The first-order chi connectivity index (χ1) is 9.04. The molecular formula is C11H16N2O4S2. The molecule has 0 aliphatic carbocycles. The number of sulfonamides is 1. The van der Waals surface area contributed by atoms with Crippen molar-refractivity contribution in [1.82, 2.24) is 10.0 Å². The minimum atomic E-state index is -3.68. The molecule has 1 fully saturated rings. The van der Waals surface area contributed by atoms with Crippen LogP contribution in [0, 0.1) is 0 Å². The van der Waals surface area contributed by atoms with Crippen LogP contribution < -0.4 is 10.0 Å². The van der Waals surface area contributed by atoms with Gasteiger partial charge < -0.3 is 10.1 Å². The smallest absolute Gasteiger partial charge is 0.349 e. The van der Waals surface area contributed by atoms with E-state index >= 15 is 0 Å². The molecule has 8 heteroatoms. The fourth-order valence-corrected chi connectivity index (χ4v) is 4.59. The number of rotatable bonds is 4. The number of ether oxygens (including phenoxy) is 1. The third-order valence-corrected chi connectivity index (χ3v) is 5.49. The molecule has 0 radical (unpaired) electrons. The lowest BCUT2D eigenvalue weighted by molar-refractivity contribution is 0.0602. The number of esters is 1. The first-order valence-electron chi connectivity index (χ1n) is 5.93. The Morgan fingerprint density at radius 3 is 3.00 bits per heavy atom. The normalized spacial score (nSPS) is 20.2. The fourth-order valence-electron chi connectivity index (χ4n) is 1.99. The van der Waals surface area contributed by atoms with Crippen molar-refractivity contribution in [3.63, 3.8) is 0 Å². The number of carbonyl (C=O) groups excluding carboxylic acids is 1. The van der Waals surface area contributed by atoms with E-state index < -0.39 is 16.0 Å². The second kappa shape index (κ2) is 6.00. The van der Waals surface area contributed by atoms with Crippen molar-refractivity contribution in [2.75, 3.05) is 20.2 Å². The molecule has 0 amide bonds. The van der Waals surface area contributed by atoms with E-state index in [1.807, 2.05) is 0 Å². The topological polar surface area (TPSA) is 84.5 Å². The van der Waals surface area contributed by atoms with E-state index in [9.17, 15) is 13.2 Å². The van der Waals surface area contributed by atoms with Gasteiger partial charge in [0.25, 0.3) is 0 Å². The lowest BCUT2D eigenvalue weighted by Gasteiger charge is -2.23. The third kappa shape index (κ3) is 3.33. The summed E-state index contributed by atoms with van der Waals surface area (Å²) in [5, 5.41) is 4.70. The molecular weight excluding hydrogens is 288 g/mol. The highest BCUT2D eigenvalue weighted by atomic mass is 32.2. The van der Waals surface area contributed by atoms with Crippen molar-refractivity contribution in [1.29, 1.82) is 0 Å². The largest absolute Gasteiger partial charge is 0.465 e. The average molecular weight is 304 g/mol. The first-order valence-corrected chi connectivity index (χ1v) is 8.30. The SMILES string of the molecule is COC(=O)c1sccc1S(=O)(=O)N[C@H]1CCCNC1. The van der Waals surface area contributed by atoms with Gasteiger partial charge in [-0.2, -0.15) is 0 Å². The van der Waals surface area contributed by atoms with Crippen LogP contribution in [0.4, 0.5) is 0 Å². The highest BCUT2D eigenvalue weighted by Gasteiger charge is 2.27. The Morgan fingerprint density at radius 2 is 2.37 bits per heavy atom. The molecule has 1 aliphatic rings. The average Bonchev–Trinajstić information content (AvgIpc) is 2.88. The molecule has 0 spiro atoms. The molecule has 1 aliphatic heterocycles. The van der Waals surface area contributed by atoms with Gasteiger partial charge >= 0.3 is 5.97 Å². The maximum absolute atomic E-state index is 12.3. The molecule has 0 unspecified atom stereocenters. The maximum Gasteiger partial charge on any atom is 0.349 e. The van der Waals surface area contributed by atoms with Gasteiger partial charge in [0.15, 0.2) is 0 Å². The van der Waals surface area contributed by atoms with Crippen LogP contribution in [0.5, 0.6) is 0 Å². The zero-order valence-electron chi connectivity index (χ0n) is 10.5. The van der Waals surface area contributed by atoms with E-state index in [1.165, 1.54) is 13.2 Å². The van der Waals surface area contributed by atoms with Gasteiger partial charge in [0.1, 0.15) is 9.77 Å². The summed E-state index contributed by atoms with van der Waals surface area (Å²) in [5.41, 5.74) is 0. The highest BCUT2D eigenvalue weighted by molar-refractivity contribution is 7.89. The van der Waals surface area contributed by atoms with Crippen LogP contribution in [0.15, 0.2) is 16.3 Å². The summed E-state index contributed by atoms with van der Waals surface area (Å²) in [6.07, 6.45) is 1.73. The van der Waals surface area contributed by atoms with E-state index in [-0.39, 0.29) is 15.8 Å². The molecule has 0 saturated carbocycles. The van der Waals surface area contributed by atoms with Crippen LogP contribution in [0.25, 0.3) is 0 Å². The Morgan fingerprint density at radius 1 is 1.58 bits per heavy atom. The summed E-state index contributed by atoms with van der Waals surface area (Å²) in [6, 6.07) is 1.29. The second-order valence-electron chi connectivity index (χ2n) is 4.27. The van der Waals surface area contributed by atoms with E-state index in [0.29, 0.717) is 6.54 Å². The van der Waals surface area contributed by atoms with E-state index in [4.69, 9.17) is 0 Å². The van der Waals surface area contributed by atoms with E-state index in [0.717, 1.165) is 30.7 Å². The van der Waals surface area contributed by atoms with E-state index in [2.05, 4.69) is 14.8 Å². The molecule has 106 valence electrons. The van der Waals surface area contributed by atoms with Gasteiger partial charge in [0.05, 0.1) is 7.11 Å². The molecule has 2 N–H and O–H groups in total. The van der Waals surface area contributed by atoms with Gasteiger partial charge in [-0.3, -0.25) is 0 Å². The van der Waals surface area contributed by atoms with Gasteiger partial charge in [0, 0.05) is 12.6 Å². The first kappa shape index (κ1) is 14.4. The van der Waals surface area contributed by atoms with Gasteiger partial charge in [-0.15, -0.1) is 11.3 Å². The van der Waals surface area contributed by atoms with Gasteiger partial charge in [-0.25, -0.2) is 17.9 Å². The minimum Gasteiger partial charge on any atom is -0.465 e. The number of methoxy groups -OCH3 is 1. The summed E-state index contributed by atoms with van der Waals surface area (Å²) >= 11 is 1.06. The Bertz CT molecular complexity index is 547. The second-order valence-corrected chi connectivity index (χ2v) is 6.87. The molecule has 1 aromatic rings. The molecule has 19 heavy (non-hydrogen) atoms. The van der Waals surface area contributed by atoms with Crippen LogP contribution in [0.1, 0.15) is 22.5 Å². The van der Waals surface area contributed by atoms with Crippen molar-refractivity contribution in [2.24, 2.45) is 0 Å². The van der Waals surface area contributed by atoms with Crippen molar-refractivity contribution >= 4 is 27.3 Å². The van der Waals surface area contributed by atoms with Gasteiger partial charge in [-0.05, 0) is 30.8 Å². The molecule has 0 bridgehead atoms. The van der Waals surface area contributed by atoms with Crippen molar-refractivity contribution < 1.29 is 17.9 Å². The lowest BCUT2D eigenvalue weighted by Crippen LogP contribution is -2.45. The van der Waals surface area contributed by atoms with Crippen molar-refractivity contribution in [2.45, 2.75) is 23.8 Å². The summed E-state index contributed by atoms with van der Waals surface area (Å²) < 4.78 is 31.7. The summed E-state index contributed by atoms with van der Waals surface area (Å²) in [7, 11) is -2.45. The quantitative estimate of drug-likeness (QED) is 0.794. The monoisotopic (exact) mass is 304 g/mol. The van der Waals surface area contributed by atoms with Crippen LogP contribution in [0.2, 0.25) is 0 Å². The van der Waals surface area contributed by atoms with Crippen LogP contribution in [-0.2, 0) is 14.8 Å². The zero-order chi connectivity index (χ0) is 13.9. The number of carbonyl (C=O) groups is 1. The summed E-state index contributed by atoms with van der Waals surface area (Å²) in [5.74, 6) is -0.628. The number of hydrogen-bond donors (Lipinski definition) is 2. The van der Waals surface area contributed by atoms with Gasteiger partial charge in [0.2, 0.25) is 10.0 Å². The number of piperidine rings is 1. The highest BCUT2D eigenvalue weighted by Crippen LogP contribution is 2.23. The molecule has 2 heterocycles. The zero-order valence-corrected chi connectivity index (χ0v) is 12.1. The molecule has 1 atom stereocenters. The fraction of sp³-hybridized carbons (Fsp3) is 0.545. The minimum absolute atomic E-state index is 0.00470. The predicted octanol–water partition coefficient (Wildman–Crippen LogP) is 0.565. The molecule has 1 saturated heterocycles. The molecule has 6 nitrogen and oxygen atoms in total. The number of hydrogen-bond acceptors (Lipinski definition) is 6. The Hall–Kier alpha value is -0.960. The Labute approximate surface area is 116 Å². The Balaban J connectivity index is 2.19. The van der Waals surface area contributed by atoms with Gasteiger partial charge in [-0.1, -0.05) is 0 Å². The third-order valence-electron chi connectivity index (χ3n) is 2.91. The molecule has 0 aromatic carbocycles.